The van der Waals surface area contributed by atoms with E-state index in [0.717, 1.165) is 39.8 Å². The third-order valence-corrected chi connectivity index (χ3v) is 6.53. The van der Waals surface area contributed by atoms with Gasteiger partial charge >= 0.3 is 0 Å². The van der Waals surface area contributed by atoms with Gasteiger partial charge in [-0.25, -0.2) is 0 Å². The molecule has 0 spiro atoms. The van der Waals surface area contributed by atoms with E-state index in [1.807, 2.05) is 50.2 Å². The van der Waals surface area contributed by atoms with Crippen LogP contribution in [0.2, 0.25) is 0 Å². The fourth-order valence-corrected chi connectivity index (χ4v) is 3.49. The van der Waals surface area contributed by atoms with E-state index in [1.54, 1.807) is 18.9 Å². The molecule has 0 fully saturated rings. The molecule has 0 aromatic heterocycles. The van der Waals surface area contributed by atoms with E-state index in [9.17, 15) is 9.59 Å². The number of benzene rings is 2. The zero-order valence-electron chi connectivity index (χ0n) is 19.5. The van der Waals surface area contributed by atoms with Crippen LogP contribution in [0.3, 0.4) is 0 Å². The monoisotopic (exact) mass is 504 g/mol. The number of nitrogens with one attached hydrogen (secondary N) is 1. The maximum atomic E-state index is 13.1. The summed E-state index contributed by atoms with van der Waals surface area (Å²) in [5.74, 6) is 0.940. The third kappa shape index (κ3) is 7.26. The fourth-order valence-electron chi connectivity index (χ4n) is 3.26. The number of rotatable bonds is 11. The number of nitrogens with zero attached hydrogens (tertiary/aromatic N) is 1. The summed E-state index contributed by atoms with van der Waals surface area (Å²) >= 11 is 3.54. The Morgan fingerprint density at radius 3 is 2.28 bits per heavy atom. The number of unbranched alkanes of at least 4 members (excludes halogenated alkanes) is 1. The van der Waals surface area contributed by atoms with Crippen molar-refractivity contribution >= 4 is 27.7 Å². The van der Waals surface area contributed by atoms with E-state index >= 15 is 0 Å². The molecule has 0 radical (unpaired) electrons. The van der Waals surface area contributed by atoms with Crippen LogP contribution in [0.4, 0.5) is 0 Å². The summed E-state index contributed by atoms with van der Waals surface area (Å²) in [6, 6.07) is 10.6. The van der Waals surface area contributed by atoms with Crippen molar-refractivity contribution in [1.82, 2.24) is 10.2 Å². The van der Waals surface area contributed by atoms with E-state index in [0.29, 0.717) is 18.8 Å². The van der Waals surface area contributed by atoms with Crippen molar-refractivity contribution in [3.8, 4) is 11.5 Å². The molecule has 174 valence electrons. The van der Waals surface area contributed by atoms with E-state index in [-0.39, 0.29) is 18.4 Å². The van der Waals surface area contributed by atoms with Gasteiger partial charge in [0.25, 0.3) is 5.91 Å². The number of amides is 2. The topological polar surface area (TPSA) is 67.9 Å². The maximum absolute atomic E-state index is 13.1. The number of hydrogen-bond acceptors (Lipinski definition) is 4. The molecule has 0 bridgehead atoms. The molecule has 0 saturated carbocycles. The Kier molecular flexibility index (Phi) is 10.0. The Labute approximate surface area is 199 Å². The number of halogens is 1. The molecule has 0 saturated heterocycles. The first-order valence-corrected chi connectivity index (χ1v) is 11.7. The molecule has 1 N–H and O–H groups in total. The molecule has 0 aliphatic carbocycles. The zero-order chi connectivity index (χ0) is 23.7. The second-order valence-electron chi connectivity index (χ2n) is 7.85. The number of methoxy groups -OCH3 is 1. The molecule has 1 unspecified atom stereocenters. The van der Waals surface area contributed by atoms with E-state index < -0.39 is 6.04 Å². The maximum Gasteiger partial charge on any atom is 0.261 e. The molecular formula is C25H33BrN2O4. The molecule has 1 atom stereocenters. The van der Waals surface area contributed by atoms with Gasteiger partial charge in [0.05, 0.1) is 7.11 Å². The first kappa shape index (κ1) is 25.7. The van der Waals surface area contributed by atoms with Gasteiger partial charge in [0.15, 0.2) is 6.61 Å². The number of hydrogen-bond donors (Lipinski definition) is 1. The Morgan fingerprint density at radius 2 is 1.72 bits per heavy atom. The van der Waals surface area contributed by atoms with Crippen molar-refractivity contribution in [2.45, 2.75) is 53.1 Å². The molecule has 0 aliphatic rings. The smallest absolute Gasteiger partial charge is 0.261 e. The largest absolute Gasteiger partial charge is 0.497 e. The second-order valence-corrected chi connectivity index (χ2v) is 8.64. The summed E-state index contributed by atoms with van der Waals surface area (Å²) in [6.07, 6.45) is 1.89. The lowest BCUT2D eigenvalue weighted by molar-refractivity contribution is -0.142. The number of carbonyl (C=O) groups excluding carboxylic acids is 2. The Balaban J connectivity index is 2.15. The highest BCUT2D eigenvalue weighted by Gasteiger charge is 2.26. The van der Waals surface area contributed by atoms with Crippen LogP contribution in [-0.4, -0.2) is 43.0 Å². The van der Waals surface area contributed by atoms with Crippen molar-refractivity contribution in [2.75, 3.05) is 20.3 Å². The van der Waals surface area contributed by atoms with Crippen LogP contribution in [0.1, 0.15) is 43.4 Å². The van der Waals surface area contributed by atoms with Crippen LogP contribution in [0.5, 0.6) is 11.5 Å². The average molecular weight is 505 g/mol. The molecular weight excluding hydrogens is 472 g/mol. The van der Waals surface area contributed by atoms with E-state index in [1.165, 1.54) is 0 Å². The predicted octanol–water partition coefficient (Wildman–Crippen LogP) is 4.79. The van der Waals surface area contributed by atoms with Crippen molar-refractivity contribution in [3.05, 3.63) is 57.6 Å². The third-order valence-electron chi connectivity index (χ3n) is 5.28. The highest BCUT2D eigenvalue weighted by atomic mass is 79.9. The summed E-state index contributed by atoms with van der Waals surface area (Å²) < 4.78 is 12.0. The Bertz CT molecular complexity index is 892. The van der Waals surface area contributed by atoms with Gasteiger partial charge in [0.1, 0.15) is 17.5 Å². The molecule has 2 rings (SSSR count). The zero-order valence-corrected chi connectivity index (χ0v) is 21.1. The quantitative estimate of drug-likeness (QED) is 0.446. The summed E-state index contributed by atoms with van der Waals surface area (Å²) in [6.45, 7) is 8.51. The molecule has 32 heavy (non-hydrogen) atoms. The number of carbonyl (C=O) groups is 2. The van der Waals surface area contributed by atoms with Crippen molar-refractivity contribution in [1.29, 1.82) is 0 Å². The minimum atomic E-state index is -0.626. The lowest BCUT2D eigenvalue weighted by atomic mass is 10.1. The van der Waals surface area contributed by atoms with Gasteiger partial charge in [-0.2, -0.15) is 0 Å². The van der Waals surface area contributed by atoms with Gasteiger partial charge in [-0.3, -0.25) is 9.59 Å². The van der Waals surface area contributed by atoms with Crippen LogP contribution < -0.4 is 14.8 Å². The van der Waals surface area contributed by atoms with Crippen LogP contribution >= 0.6 is 15.9 Å². The summed E-state index contributed by atoms with van der Waals surface area (Å²) in [5, 5.41) is 2.92. The molecule has 2 amide bonds. The molecule has 0 aliphatic heterocycles. The SMILES string of the molecule is CCCCNC(=O)C(C)N(Cc1ccc(OC)cc1)C(=O)COc1cc(C)c(Br)c(C)c1. The molecule has 0 heterocycles. The number of aryl methyl sites for hydroxylation is 2. The highest BCUT2D eigenvalue weighted by molar-refractivity contribution is 9.10. The second kappa shape index (κ2) is 12.5. The van der Waals surface area contributed by atoms with E-state index in [4.69, 9.17) is 9.47 Å². The van der Waals surface area contributed by atoms with Crippen LogP contribution in [0.25, 0.3) is 0 Å². The van der Waals surface area contributed by atoms with Gasteiger partial charge in [-0.15, -0.1) is 0 Å². The molecule has 2 aromatic carbocycles. The lowest BCUT2D eigenvalue weighted by Crippen LogP contribution is -2.49. The van der Waals surface area contributed by atoms with Crippen molar-refractivity contribution in [3.63, 3.8) is 0 Å². The van der Waals surface area contributed by atoms with Gasteiger partial charge in [0, 0.05) is 17.6 Å². The first-order chi connectivity index (χ1) is 15.3. The Morgan fingerprint density at radius 1 is 1.09 bits per heavy atom. The minimum absolute atomic E-state index is 0.150. The van der Waals surface area contributed by atoms with E-state index in [2.05, 4.69) is 28.2 Å². The summed E-state index contributed by atoms with van der Waals surface area (Å²) in [7, 11) is 1.61. The minimum Gasteiger partial charge on any atom is -0.497 e. The van der Waals surface area contributed by atoms with Crippen molar-refractivity contribution < 1.29 is 19.1 Å². The lowest BCUT2D eigenvalue weighted by Gasteiger charge is -2.29. The summed E-state index contributed by atoms with van der Waals surface area (Å²) in [4.78, 5) is 27.4. The number of ether oxygens (including phenoxy) is 2. The predicted molar refractivity (Wildman–Crippen MR) is 130 cm³/mol. The highest BCUT2D eigenvalue weighted by Crippen LogP contribution is 2.26. The van der Waals surface area contributed by atoms with Gasteiger partial charge in [-0.05, 0) is 68.1 Å². The fraction of sp³-hybridized carbons (Fsp3) is 0.440. The van der Waals surface area contributed by atoms with Gasteiger partial charge in [-0.1, -0.05) is 41.4 Å². The molecule has 2 aromatic rings. The standard InChI is InChI=1S/C25H33BrN2O4/c1-6-7-12-27-25(30)19(4)28(15-20-8-10-21(31-5)11-9-20)23(29)16-32-22-13-17(2)24(26)18(3)14-22/h8-11,13-14,19H,6-7,12,15-16H2,1-5H3,(H,27,30). The molecule has 6 nitrogen and oxygen atoms in total. The van der Waals surface area contributed by atoms with Gasteiger partial charge < -0.3 is 19.7 Å². The van der Waals surface area contributed by atoms with Crippen LogP contribution in [-0.2, 0) is 16.1 Å². The Hall–Kier alpha value is -2.54. The first-order valence-electron chi connectivity index (χ1n) is 10.9. The summed E-state index contributed by atoms with van der Waals surface area (Å²) in [5.41, 5.74) is 2.97. The normalized spacial score (nSPS) is 11.6. The van der Waals surface area contributed by atoms with Crippen molar-refractivity contribution in [2.24, 2.45) is 0 Å². The van der Waals surface area contributed by atoms with Crippen LogP contribution in [0.15, 0.2) is 40.9 Å². The molecule has 7 heteroatoms. The average Bonchev–Trinajstić information content (AvgIpc) is 2.79. The van der Waals surface area contributed by atoms with Crippen LogP contribution in [0, 0.1) is 13.8 Å². The van der Waals surface area contributed by atoms with Gasteiger partial charge in [0.2, 0.25) is 5.91 Å².